The van der Waals surface area contributed by atoms with Crippen molar-refractivity contribution in [3.63, 3.8) is 0 Å². The third-order valence-electron chi connectivity index (χ3n) is 3.91. The summed E-state index contributed by atoms with van der Waals surface area (Å²) in [5, 5.41) is 13.8. The summed E-state index contributed by atoms with van der Waals surface area (Å²) in [6.07, 6.45) is 9.31. The van der Waals surface area contributed by atoms with E-state index >= 15 is 0 Å². The second kappa shape index (κ2) is 11.3. The normalized spacial score (nSPS) is 17.8. The van der Waals surface area contributed by atoms with E-state index < -0.39 is 5.60 Å². The Morgan fingerprint density at radius 3 is 2.62 bits per heavy atom. The van der Waals surface area contributed by atoms with Gasteiger partial charge in [-0.15, -0.1) is 30.6 Å². The summed E-state index contributed by atoms with van der Waals surface area (Å²) in [6, 6.07) is 0. The van der Waals surface area contributed by atoms with Crippen molar-refractivity contribution in [3.05, 3.63) is 12.7 Å². The maximum Gasteiger partial charge on any atom is 0.193 e. The fraction of sp³-hybridized carbons (Fsp3) is 0.812. The molecular formula is C16H32IN3O. The quantitative estimate of drug-likeness (QED) is 0.223. The van der Waals surface area contributed by atoms with E-state index in [0.29, 0.717) is 6.54 Å². The number of aliphatic hydroxyl groups is 1. The average molecular weight is 409 g/mol. The van der Waals surface area contributed by atoms with Crippen molar-refractivity contribution in [2.45, 2.75) is 57.5 Å². The Morgan fingerprint density at radius 2 is 2.05 bits per heavy atom. The molecule has 1 rings (SSSR count). The molecule has 0 spiro atoms. The Morgan fingerprint density at radius 1 is 1.38 bits per heavy atom. The lowest BCUT2D eigenvalue weighted by atomic mass is 9.85. The van der Waals surface area contributed by atoms with E-state index in [0.717, 1.165) is 57.6 Å². The molecule has 1 saturated carbocycles. The molecule has 0 atom stereocenters. The molecule has 124 valence electrons. The molecule has 0 amide bonds. The van der Waals surface area contributed by atoms with E-state index in [1.165, 1.54) is 6.42 Å². The standard InChI is InChI=1S/C16H31N3O.HI/c1-4-6-10-13-19(3)15(17-5-2)18-14-16(20)11-8-7-9-12-16;/h4,20H,1,5-14H2,2-3H3,(H,17,18);1H. The Hall–Kier alpha value is -0.300. The van der Waals surface area contributed by atoms with Gasteiger partial charge in [-0.2, -0.15) is 0 Å². The highest BCUT2D eigenvalue weighted by Crippen LogP contribution is 2.28. The molecule has 0 aliphatic heterocycles. The average Bonchev–Trinajstić information content (AvgIpc) is 2.44. The number of unbranched alkanes of at least 4 members (excludes halogenated alkanes) is 1. The highest BCUT2D eigenvalue weighted by molar-refractivity contribution is 14.0. The van der Waals surface area contributed by atoms with E-state index in [4.69, 9.17) is 0 Å². The summed E-state index contributed by atoms with van der Waals surface area (Å²) >= 11 is 0. The molecule has 0 aromatic carbocycles. The summed E-state index contributed by atoms with van der Waals surface area (Å²) in [5.41, 5.74) is -0.582. The molecule has 1 aliphatic carbocycles. The van der Waals surface area contributed by atoms with E-state index in [9.17, 15) is 5.11 Å². The van der Waals surface area contributed by atoms with Crippen LogP contribution < -0.4 is 5.32 Å². The number of nitrogens with zero attached hydrogens (tertiary/aromatic N) is 2. The van der Waals surface area contributed by atoms with Gasteiger partial charge >= 0.3 is 0 Å². The molecule has 0 heterocycles. The largest absolute Gasteiger partial charge is 0.388 e. The first kappa shape index (κ1) is 20.7. The molecule has 0 saturated heterocycles. The van der Waals surface area contributed by atoms with Crippen LogP contribution in [-0.2, 0) is 0 Å². The SMILES string of the molecule is C=CCCCN(C)C(=NCC1(O)CCCCC1)NCC.I. The maximum atomic E-state index is 10.5. The minimum absolute atomic E-state index is 0. The van der Waals surface area contributed by atoms with Crippen LogP contribution in [0.3, 0.4) is 0 Å². The van der Waals surface area contributed by atoms with E-state index in [1.807, 2.05) is 6.08 Å². The Labute approximate surface area is 147 Å². The lowest BCUT2D eigenvalue weighted by Gasteiger charge is -2.31. The van der Waals surface area contributed by atoms with Gasteiger partial charge in [-0.25, -0.2) is 0 Å². The van der Waals surface area contributed by atoms with Crippen LogP contribution in [0.25, 0.3) is 0 Å². The van der Waals surface area contributed by atoms with Gasteiger partial charge in [-0.05, 0) is 32.6 Å². The van der Waals surface area contributed by atoms with Gasteiger partial charge in [0.2, 0.25) is 0 Å². The van der Waals surface area contributed by atoms with Crippen LogP contribution in [0.5, 0.6) is 0 Å². The first-order valence-electron chi connectivity index (χ1n) is 7.94. The first-order chi connectivity index (χ1) is 9.61. The van der Waals surface area contributed by atoms with Crippen molar-refractivity contribution >= 4 is 29.9 Å². The summed E-state index contributed by atoms with van der Waals surface area (Å²) in [5.74, 6) is 0.899. The molecule has 4 nitrogen and oxygen atoms in total. The molecule has 2 N–H and O–H groups in total. The zero-order valence-corrected chi connectivity index (χ0v) is 15.9. The number of hydrogen-bond donors (Lipinski definition) is 2. The van der Waals surface area contributed by atoms with Gasteiger partial charge in [0.1, 0.15) is 0 Å². The zero-order chi connectivity index (χ0) is 14.8. The van der Waals surface area contributed by atoms with Gasteiger partial charge in [0.05, 0.1) is 12.1 Å². The third kappa shape index (κ3) is 8.04. The highest BCUT2D eigenvalue weighted by Gasteiger charge is 2.29. The number of halogens is 1. The molecular weight excluding hydrogens is 377 g/mol. The smallest absolute Gasteiger partial charge is 0.193 e. The van der Waals surface area contributed by atoms with E-state index in [1.54, 1.807) is 0 Å². The van der Waals surface area contributed by atoms with Crippen LogP contribution in [-0.4, -0.2) is 48.2 Å². The third-order valence-corrected chi connectivity index (χ3v) is 3.91. The maximum absolute atomic E-state index is 10.5. The Bertz CT molecular complexity index is 315. The van der Waals surface area contributed by atoms with Gasteiger partial charge in [0, 0.05) is 20.1 Å². The molecule has 0 aromatic rings. The summed E-state index contributed by atoms with van der Waals surface area (Å²) < 4.78 is 0. The summed E-state index contributed by atoms with van der Waals surface area (Å²) in [4.78, 5) is 6.78. The second-order valence-electron chi connectivity index (χ2n) is 5.81. The van der Waals surface area contributed by atoms with Crippen molar-refractivity contribution in [2.24, 2.45) is 4.99 Å². The molecule has 1 fully saturated rings. The number of guanidine groups is 1. The summed E-state index contributed by atoms with van der Waals surface area (Å²) in [7, 11) is 2.05. The Kier molecular flexibility index (Phi) is 11.1. The molecule has 5 heteroatoms. The molecule has 0 unspecified atom stereocenters. The number of aliphatic imine (C=N–C) groups is 1. The topological polar surface area (TPSA) is 47.9 Å². The Balaban J connectivity index is 0.00000400. The van der Waals surface area contributed by atoms with Crippen molar-refractivity contribution in [1.82, 2.24) is 10.2 Å². The van der Waals surface area contributed by atoms with Crippen molar-refractivity contribution in [2.75, 3.05) is 26.7 Å². The minimum Gasteiger partial charge on any atom is -0.388 e. The van der Waals surface area contributed by atoms with Crippen LogP contribution in [0.15, 0.2) is 17.6 Å². The van der Waals surface area contributed by atoms with Crippen LogP contribution in [0.4, 0.5) is 0 Å². The van der Waals surface area contributed by atoms with Crippen LogP contribution in [0.1, 0.15) is 51.9 Å². The fourth-order valence-corrected chi connectivity index (χ4v) is 2.64. The van der Waals surface area contributed by atoms with Gasteiger partial charge < -0.3 is 15.3 Å². The molecule has 1 aliphatic rings. The number of allylic oxidation sites excluding steroid dienone is 1. The van der Waals surface area contributed by atoms with E-state index in [-0.39, 0.29) is 24.0 Å². The lowest BCUT2D eigenvalue weighted by Crippen LogP contribution is -2.42. The first-order valence-corrected chi connectivity index (χ1v) is 7.94. The zero-order valence-electron chi connectivity index (χ0n) is 13.6. The monoisotopic (exact) mass is 409 g/mol. The van der Waals surface area contributed by atoms with Gasteiger partial charge in [0.15, 0.2) is 5.96 Å². The predicted octanol–water partition coefficient (Wildman–Crippen LogP) is 3.16. The lowest BCUT2D eigenvalue weighted by molar-refractivity contribution is 0.0130. The van der Waals surface area contributed by atoms with Gasteiger partial charge in [-0.1, -0.05) is 25.3 Å². The minimum atomic E-state index is -0.582. The predicted molar refractivity (Wildman–Crippen MR) is 101 cm³/mol. The number of rotatable bonds is 7. The molecule has 21 heavy (non-hydrogen) atoms. The number of hydrogen-bond acceptors (Lipinski definition) is 2. The van der Waals surface area contributed by atoms with Crippen LogP contribution in [0, 0.1) is 0 Å². The van der Waals surface area contributed by atoms with Crippen molar-refractivity contribution in [1.29, 1.82) is 0 Å². The molecule has 0 bridgehead atoms. The van der Waals surface area contributed by atoms with Gasteiger partial charge in [0.25, 0.3) is 0 Å². The highest BCUT2D eigenvalue weighted by atomic mass is 127. The molecule has 0 aromatic heterocycles. The van der Waals surface area contributed by atoms with E-state index in [2.05, 4.69) is 35.8 Å². The van der Waals surface area contributed by atoms with Crippen LogP contribution in [0.2, 0.25) is 0 Å². The van der Waals surface area contributed by atoms with Crippen LogP contribution >= 0.6 is 24.0 Å². The number of nitrogens with one attached hydrogen (secondary N) is 1. The fourth-order valence-electron chi connectivity index (χ4n) is 2.64. The summed E-state index contributed by atoms with van der Waals surface area (Å²) in [6.45, 7) is 8.14. The van der Waals surface area contributed by atoms with Gasteiger partial charge in [-0.3, -0.25) is 4.99 Å². The molecule has 0 radical (unpaired) electrons. The van der Waals surface area contributed by atoms with Crippen molar-refractivity contribution in [3.8, 4) is 0 Å². The second-order valence-corrected chi connectivity index (χ2v) is 5.81. The van der Waals surface area contributed by atoms with Crippen molar-refractivity contribution < 1.29 is 5.11 Å².